The van der Waals surface area contributed by atoms with Gasteiger partial charge in [-0.1, -0.05) is 35.9 Å². The molecule has 10 heteroatoms. The molecule has 2 amide bonds. The van der Waals surface area contributed by atoms with Gasteiger partial charge < -0.3 is 20.1 Å². The third kappa shape index (κ3) is 6.76. The quantitative estimate of drug-likeness (QED) is 0.393. The molecular weight excluding hydrogens is 518 g/mol. The third-order valence-electron chi connectivity index (χ3n) is 6.46. The van der Waals surface area contributed by atoms with Crippen LogP contribution in [0.25, 0.3) is 0 Å². The van der Waals surface area contributed by atoms with E-state index in [-0.39, 0.29) is 33.8 Å². The Bertz CT molecular complexity index is 1430. The van der Waals surface area contributed by atoms with Gasteiger partial charge in [0.1, 0.15) is 12.3 Å². The Morgan fingerprint density at radius 2 is 1.74 bits per heavy atom. The van der Waals surface area contributed by atoms with E-state index < -0.39 is 22.5 Å². The SMILES string of the molecule is COc1ccc(C)cc1N(CC(=O)Nc1ccccc1C(=O)NC[C@H]1CCCO1)S(=O)(=O)c1ccc(C)cc1. The van der Waals surface area contributed by atoms with Crippen molar-refractivity contribution in [1.82, 2.24) is 5.32 Å². The molecule has 1 aliphatic heterocycles. The van der Waals surface area contributed by atoms with Crippen molar-refractivity contribution in [3.05, 3.63) is 83.4 Å². The lowest BCUT2D eigenvalue weighted by Crippen LogP contribution is -2.39. The lowest BCUT2D eigenvalue weighted by molar-refractivity contribution is -0.114. The van der Waals surface area contributed by atoms with Crippen LogP contribution in [0.4, 0.5) is 11.4 Å². The first kappa shape index (κ1) is 28.1. The zero-order valence-corrected chi connectivity index (χ0v) is 23.1. The van der Waals surface area contributed by atoms with Gasteiger partial charge in [-0.25, -0.2) is 8.42 Å². The van der Waals surface area contributed by atoms with E-state index in [0.717, 1.165) is 28.3 Å². The van der Waals surface area contributed by atoms with Crippen molar-refractivity contribution in [3.63, 3.8) is 0 Å². The molecular formula is C29H33N3O6S. The Morgan fingerprint density at radius 3 is 2.44 bits per heavy atom. The molecule has 0 saturated carbocycles. The fourth-order valence-electron chi connectivity index (χ4n) is 4.35. The van der Waals surface area contributed by atoms with Crippen LogP contribution in [0, 0.1) is 13.8 Å². The zero-order valence-electron chi connectivity index (χ0n) is 22.3. The van der Waals surface area contributed by atoms with Gasteiger partial charge in [0.15, 0.2) is 0 Å². The summed E-state index contributed by atoms with van der Waals surface area (Å²) in [7, 11) is -2.71. The molecule has 3 aromatic rings. The molecule has 0 spiro atoms. The standard InChI is InChI=1S/C29H33N3O6S/c1-20-10-13-23(14-11-20)39(35,36)32(26-17-21(2)12-15-27(26)37-3)19-28(33)31-25-9-5-4-8-24(25)29(34)30-18-22-7-6-16-38-22/h4-5,8-15,17,22H,6-7,16,18-19H2,1-3H3,(H,30,34)(H,31,33)/t22-/m1/s1. The average molecular weight is 552 g/mol. The van der Waals surface area contributed by atoms with Crippen molar-refractivity contribution < 1.29 is 27.5 Å². The minimum Gasteiger partial charge on any atom is -0.495 e. The number of nitrogens with one attached hydrogen (secondary N) is 2. The molecule has 0 aliphatic carbocycles. The van der Waals surface area contributed by atoms with E-state index in [1.54, 1.807) is 54.6 Å². The number of nitrogens with zero attached hydrogens (tertiary/aromatic N) is 1. The molecule has 3 aromatic carbocycles. The molecule has 206 valence electrons. The first-order valence-electron chi connectivity index (χ1n) is 12.7. The van der Waals surface area contributed by atoms with Gasteiger partial charge in [0.2, 0.25) is 5.91 Å². The molecule has 0 aromatic heterocycles. The summed E-state index contributed by atoms with van der Waals surface area (Å²) >= 11 is 0. The van der Waals surface area contributed by atoms with E-state index in [2.05, 4.69) is 10.6 Å². The first-order valence-corrected chi connectivity index (χ1v) is 14.2. The molecule has 4 rings (SSSR count). The van der Waals surface area contributed by atoms with Gasteiger partial charge in [-0.3, -0.25) is 13.9 Å². The number of hydrogen-bond donors (Lipinski definition) is 2. The Kier molecular flexibility index (Phi) is 8.88. The number of hydrogen-bond acceptors (Lipinski definition) is 6. The second-order valence-electron chi connectivity index (χ2n) is 9.44. The van der Waals surface area contributed by atoms with Gasteiger partial charge in [0.05, 0.1) is 35.0 Å². The van der Waals surface area contributed by atoms with E-state index in [4.69, 9.17) is 9.47 Å². The normalized spacial score (nSPS) is 15.0. The van der Waals surface area contributed by atoms with Gasteiger partial charge in [0.25, 0.3) is 15.9 Å². The number of anilines is 2. The number of aryl methyl sites for hydroxylation is 2. The summed E-state index contributed by atoms with van der Waals surface area (Å²) < 4.78 is 39.7. The van der Waals surface area contributed by atoms with Gasteiger partial charge in [-0.05, 0) is 68.7 Å². The van der Waals surface area contributed by atoms with Gasteiger partial charge in [0, 0.05) is 13.2 Å². The maximum absolute atomic E-state index is 13.8. The van der Waals surface area contributed by atoms with Crippen LogP contribution < -0.4 is 19.7 Å². The predicted octanol–water partition coefficient (Wildman–Crippen LogP) is 4.05. The fourth-order valence-corrected chi connectivity index (χ4v) is 5.77. The molecule has 1 fully saturated rings. The van der Waals surface area contributed by atoms with Crippen LogP contribution in [0.3, 0.4) is 0 Å². The Labute approximate surface area is 229 Å². The smallest absolute Gasteiger partial charge is 0.264 e. The molecule has 1 atom stereocenters. The predicted molar refractivity (Wildman–Crippen MR) is 150 cm³/mol. The van der Waals surface area contributed by atoms with E-state index in [1.165, 1.54) is 19.2 Å². The first-order chi connectivity index (χ1) is 18.7. The Balaban J connectivity index is 1.61. The second-order valence-corrected chi connectivity index (χ2v) is 11.3. The fraction of sp³-hybridized carbons (Fsp3) is 0.310. The second kappa shape index (κ2) is 12.3. The highest BCUT2D eigenvalue weighted by Crippen LogP contribution is 2.33. The number of sulfonamides is 1. The summed E-state index contributed by atoms with van der Waals surface area (Å²) in [6.45, 7) is 4.20. The largest absolute Gasteiger partial charge is 0.495 e. The molecule has 0 radical (unpaired) electrons. The summed E-state index contributed by atoms with van der Waals surface area (Å²) in [6, 6.07) is 18.1. The maximum atomic E-state index is 13.8. The molecule has 1 aliphatic rings. The zero-order chi connectivity index (χ0) is 28.0. The van der Waals surface area contributed by atoms with Crippen molar-refractivity contribution in [2.75, 3.05) is 36.4 Å². The van der Waals surface area contributed by atoms with E-state index >= 15 is 0 Å². The average Bonchev–Trinajstić information content (AvgIpc) is 3.45. The molecule has 2 N–H and O–H groups in total. The van der Waals surface area contributed by atoms with E-state index in [9.17, 15) is 18.0 Å². The monoisotopic (exact) mass is 551 g/mol. The van der Waals surface area contributed by atoms with E-state index in [0.29, 0.717) is 18.9 Å². The number of benzene rings is 3. The highest BCUT2D eigenvalue weighted by atomic mass is 32.2. The topological polar surface area (TPSA) is 114 Å². The van der Waals surface area contributed by atoms with Crippen molar-refractivity contribution >= 4 is 33.2 Å². The summed E-state index contributed by atoms with van der Waals surface area (Å²) in [5.41, 5.74) is 2.47. The van der Waals surface area contributed by atoms with Crippen LogP contribution in [0.15, 0.2) is 71.6 Å². The number of para-hydroxylation sites is 1. The molecule has 1 saturated heterocycles. The summed E-state index contributed by atoms with van der Waals surface area (Å²) in [5.74, 6) is -0.669. The molecule has 9 nitrogen and oxygen atoms in total. The summed E-state index contributed by atoms with van der Waals surface area (Å²) in [6.07, 6.45) is 1.81. The number of rotatable bonds is 10. The molecule has 0 unspecified atom stereocenters. The lowest BCUT2D eigenvalue weighted by atomic mass is 10.1. The van der Waals surface area contributed by atoms with Crippen LogP contribution in [-0.2, 0) is 19.6 Å². The van der Waals surface area contributed by atoms with Gasteiger partial charge in [-0.2, -0.15) is 0 Å². The highest BCUT2D eigenvalue weighted by molar-refractivity contribution is 7.92. The van der Waals surface area contributed by atoms with Crippen molar-refractivity contribution in [2.24, 2.45) is 0 Å². The van der Waals surface area contributed by atoms with Crippen LogP contribution in [-0.4, -0.2) is 53.1 Å². The Morgan fingerprint density at radius 1 is 1.03 bits per heavy atom. The number of carbonyl (C=O) groups excluding carboxylic acids is 2. The highest BCUT2D eigenvalue weighted by Gasteiger charge is 2.30. The molecule has 1 heterocycles. The van der Waals surface area contributed by atoms with Crippen molar-refractivity contribution in [2.45, 2.75) is 37.7 Å². The Hall–Kier alpha value is -3.89. The third-order valence-corrected chi connectivity index (χ3v) is 8.23. The number of ether oxygens (including phenoxy) is 2. The number of amides is 2. The number of methoxy groups -OCH3 is 1. The van der Waals surface area contributed by atoms with Crippen LogP contribution in [0.5, 0.6) is 5.75 Å². The van der Waals surface area contributed by atoms with Gasteiger partial charge >= 0.3 is 0 Å². The van der Waals surface area contributed by atoms with Crippen molar-refractivity contribution in [1.29, 1.82) is 0 Å². The summed E-state index contributed by atoms with van der Waals surface area (Å²) in [4.78, 5) is 26.3. The lowest BCUT2D eigenvalue weighted by Gasteiger charge is -2.26. The summed E-state index contributed by atoms with van der Waals surface area (Å²) in [5, 5.41) is 5.58. The van der Waals surface area contributed by atoms with Crippen LogP contribution >= 0.6 is 0 Å². The maximum Gasteiger partial charge on any atom is 0.264 e. The van der Waals surface area contributed by atoms with Gasteiger partial charge in [-0.15, -0.1) is 0 Å². The van der Waals surface area contributed by atoms with E-state index in [1.807, 2.05) is 13.8 Å². The van der Waals surface area contributed by atoms with Crippen LogP contribution in [0.2, 0.25) is 0 Å². The minimum absolute atomic E-state index is 0.0273. The number of carbonyl (C=O) groups is 2. The minimum atomic E-state index is -4.15. The molecule has 0 bridgehead atoms. The van der Waals surface area contributed by atoms with Crippen LogP contribution in [0.1, 0.15) is 34.3 Å². The van der Waals surface area contributed by atoms with Crippen molar-refractivity contribution in [3.8, 4) is 5.75 Å². The molecule has 39 heavy (non-hydrogen) atoms.